The predicted molar refractivity (Wildman–Crippen MR) is 147 cm³/mol. The molecule has 0 aromatic heterocycles. The largest absolute Gasteiger partial charge is 0.340 e. The molecule has 1 aliphatic carbocycles. The summed E-state index contributed by atoms with van der Waals surface area (Å²) >= 11 is 0. The van der Waals surface area contributed by atoms with E-state index in [9.17, 15) is 18.0 Å². The Morgan fingerprint density at radius 2 is 1.76 bits per heavy atom. The standard InChI is InChI=1S/C29H39N3O4S/c1-20(2)31(3)25-13-14-27(24(18-25)19-37(4,35)36)32-16-15-26(29(32)34)30-28(33)23-12-8-11-22(17-23)21-9-6-5-7-10-21/h5-12,17,20,24-27H,13-16,18-19H2,1-4H3,(H,30,33)/t24-,25+,26?,27-/m0/s1. The van der Waals surface area contributed by atoms with Gasteiger partial charge in [-0.15, -0.1) is 0 Å². The normalized spacial score (nSPS) is 24.6. The molecule has 4 rings (SSSR count). The minimum atomic E-state index is -3.19. The van der Waals surface area contributed by atoms with E-state index < -0.39 is 15.9 Å². The van der Waals surface area contributed by atoms with Crippen molar-refractivity contribution in [3.05, 3.63) is 60.2 Å². The van der Waals surface area contributed by atoms with Crippen LogP contribution in [0, 0.1) is 5.92 Å². The van der Waals surface area contributed by atoms with Gasteiger partial charge in [0.2, 0.25) is 5.91 Å². The van der Waals surface area contributed by atoms with Crippen LogP contribution in [-0.2, 0) is 14.6 Å². The number of hydrogen-bond donors (Lipinski definition) is 1. The van der Waals surface area contributed by atoms with Gasteiger partial charge in [-0.2, -0.15) is 0 Å². The molecule has 1 aliphatic heterocycles. The first-order valence-electron chi connectivity index (χ1n) is 13.2. The minimum Gasteiger partial charge on any atom is -0.340 e. The van der Waals surface area contributed by atoms with E-state index >= 15 is 0 Å². The summed E-state index contributed by atoms with van der Waals surface area (Å²) in [5, 5.41) is 2.94. The van der Waals surface area contributed by atoms with Crippen molar-refractivity contribution in [2.45, 2.75) is 63.7 Å². The first-order valence-corrected chi connectivity index (χ1v) is 15.3. The highest BCUT2D eigenvalue weighted by atomic mass is 32.2. The van der Waals surface area contributed by atoms with Crippen molar-refractivity contribution >= 4 is 21.7 Å². The van der Waals surface area contributed by atoms with E-state index in [0.29, 0.717) is 30.6 Å². The van der Waals surface area contributed by atoms with Crippen LogP contribution in [0.5, 0.6) is 0 Å². The second kappa shape index (κ2) is 11.4. The molecule has 1 saturated carbocycles. The second-order valence-corrected chi connectivity index (χ2v) is 13.1. The zero-order valence-corrected chi connectivity index (χ0v) is 23.1. The Balaban J connectivity index is 1.45. The lowest BCUT2D eigenvalue weighted by molar-refractivity contribution is -0.133. The lowest BCUT2D eigenvalue weighted by atomic mass is 9.81. The third-order valence-electron chi connectivity index (χ3n) is 8.00. The van der Waals surface area contributed by atoms with Gasteiger partial charge in [0.15, 0.2) is 0 Å². The van der Waals surface area contributed by atoms with Gasteiger partial charge in [0, 0.05) is 36.5 Å². The highest BCUT2D eigenvalue weighted by Gasteiger charge is 2.43. The molecule has 1 unspecified atom stereocenters. The van der Waals surface area contributed by atoms with Crippen LogP contribution in [0.1, 0.15) is 49.9 Å². The highest BCUT2D eigenvalue weighted by Crippen LogP contribution is 2.35. The Morgan fingerprint density at radius 3 is 2.43 bits per heavy atom. The molecule has 0 radical (unpaired) electrons. The number of nitrogens with one attached hydrogen (secondary N) is 1. The number of rotatable bonds is 8. The number of likely N-dealkylation sites (tertiary alicyclic amines) is 1. The maximum absolute atomic E-state index is 13.4. The highest BCUT2D eigenvalue weighted by molar-refractivity contribution is 7.90. The number of amides is 2. The van der Waals surface area contributed by atoms with E-state index in [1.165, 1.54) is 6.26 Å². The van der Waals surface area contributed by atoms with E-state index in [1.807, 2.05) is 53.4 Å². The number of hydrogen-bond acceptors (Lipinski definition) is 5. The fraction of sp³-hybridized carbons (Fsp3) is 0.517. The number of carbonyl (C=O) groups excluding carboxylic acids is 2. The molecule has 8 heteroatoms. The molecule has 200 valence electrons. The number of benzene rings is 2. The van der Waals surface area contributed by atoms with Gasteiger partial charge in [-0.3, -0.25) is 9.59 Å². The summed E-state index contributed by atoms with van der Waals surface area (Å²) in [5.41, 5.74) is 2.48. The van der Waals surface area contributed by atoms with Gasteiger partial charge in [0.1, 0.15) is 15.9 Å². The molecule has 7 nitrogen and oxygen atoms in total. The molecule has 2 fully saturated rings. The van der Waals surface area contributed by atoms with Gasteiger partial charge < -0.3 is 15.1 Å². The van der Waals surface area contributed by atoms with Crippen LogP contribution in [0.3, 0.4) is 0 Å². The Labute approximate surface area is 221 Å². The first kappa shape index (κ1) is 27.3. The van der Waals surface area contributed by atoms with Crippen LogP contribution in [0.4, 0.5) is 0 Å². The van der Waals surface area contributed by atoms with Gasteiger partial charge in [-0.1, -0.05) is 42.5 Å². The zero-order valence-electron chi connectivity index (χ0n) is 22.3. The molecule has 0 spiro atoms. The van der Waals surface area contributed by atoms with Crippen molar-refractivity contribution in [2.24, 2.45) is 5.92 Å². The lowest BCUT2D eigenvalue weighted by Gasteiger charge is -2.44. The van der Waals surface area contributed by atoms with Crippen LogP contribution in [0.25, 0.3) is 11.1 Å². The predicted octanol–water partition coefficient (Wildman–Crippen LogP) is 3.61. The molecule has 4 atom stereocenters. The van der Waals surface area contributed by atoms with E-state index in [2.05, 4.69) is 31.1 Å². The Kier molecular flexibility index (Phi) is 8.39. The Bertz CT molecular complexity index is 1210. The number of nitrogens with zero attached hydrogens (tertiary/aromatic N) is 2. The average Bonchev–Trinajstić information content (AvgIpc) is 3.22. The zero-order chi connectivity index (χ0) is 26.7. The molecule has 37 heavy (non-hydrogen) atoms. The lowest BCUT2D eigenvalue weighted by Crippen LogP contribution is -2.53. The summed E-state index contributed by atoms with van der Waals surface area (Å²) in [4.78, 5) is 30.7. The van der Waals surface area contributed by atoms with Crippen molar-refractivity contribution in [3.63, 3.8) is 0 Å². The fourth-order valence-electron chi connectivity index (χ4n) is 5.87. The van der Waals surface area contributed by atoms with Gasteiger partial charge >= 0.3 is 0 Å². The molecule has 2 aromatic rings. The summed E-state index contributed by atoms with van der Waals surface area (Å²) in [6, 6.07) is 17.2. The molecule has 2 amide bonds. The van der Waals surface area contributed by atoms with Crippen LogP contribution in [0.15, 0.2) is 54.6 Å². The van der Waals surface area contributed by atoms with E-state index in [0.717, 1.165) is 30.4 Å². The minimum absolute atomic E-state index is 0.0766. The van der Waals surface area contributed by atoms with Gasteiger partial charge in [0.25, 0.3) is 5.91 Å². The van der Waals surface area contributed by atoms with Crippen LogP contribution in [-0.4, -0.2) is 79.8 Å². The maximum Gasteiger partial charge on any atom is 0.251 e. The molecule has 2 aliphatic rings. The van der Waals surface area contributed by atoms with Crippen molar-refractivity contribution in [3.8, 4) is 11.1 Å². The monoisotopic (exact) mass is 525 g/mol. The van der Waals surface area contributed by atoms with Crippen molar-refractivity contribution in [1.82, 2.24) is 15.1 Å². The summed E-state index contributed by atoms with van der Waals surface area (Å²) in [6.45, 7) is 4.82. The van der Waals surface area contributed by atoms with E-state index in [1.54, 1.807) is 6.07 Å². The molecular formula is C29H39N3O4S. The molecule has 2 aromatic carbocycles. The summed E-state index contributed by atoms with van der Waals surface area (Å²) in [5.74, 6) is -0.414. The molecule has 1 saturated heterocycles. The fourth-order valence-corrected chi connectivity index (χ4v) is 7.01. The molecule has 1 heterocycles. The average molecular weight is 526 g/mol. The smallest absolute Gasteiger partial charge is 0.251 e. The Morgan fingerprint density at radius 1 is 1.05 bits per heavy atom. The number of sulfone groups is 1. The van der Waals surface area contributed by atoms with Crippen molar-refractivity contribution < 1.29 is 18.0 Å². The summed E-state index contributed by atoms with van der Waals surface area (Å²) < 4.78 is 24.5. The van der Waals surface area contributed by atoms with Gasteiger partial charge in [-0.25, -0.2) is 8.42 Å². The van der Waals surface area contributed by atoms with Crippen LogP contribution >= 0.6 is 0 Å². The quantitative estimate of drug-likeness (QED) is 0.569. The third kappa shape index (κ3) is 6.60. The van der Waals surface area contributed by atoms with Crippen LogP contribution in [0.2, 0.25) is 0 Å². The third-order valence-corrected chi connectivity index (χ3v) is 9.03. The second-order valence-electron chi connectivity index (χ2n) is 10.9. The van der Waals surface area contributed by atoms with Crippen molar-refractivity contribution in [1.29, 1.82) is 0 Å². The molecular weight excluding hydrogens is 486 g/mol. The maximum atomic E-state index is 13.4. The summed E-state index contributed by atoms with van der Waals surface area (Å²) in [7, 11) is -1.11. The first-order chi connectivity index (χ1) is 17.5. The SMILES string of the molecule is CC(C)N(C)[C@@H]1CC[C@H](N2CCC(NC(=O)c3cccc(-c4ccccc4)c3)C2=O)[C@H](CS(C)(=O)=O)C1. The van der Waals surface area contributed by atoms with E-state index in [4.69, 9.17) is 0 Å². The Hall–Kier alpha value is -2.71. The van der Waals surface area contributed by atoms with Crippen LogP contribution < -0.4 is 5.32 Å². The van der Waals surface area contributed by atoms with Gasteiger partial charge in [0.05, 0.1) is 5.75 Å². The van der Waals surface area contributed by atoms with Gasteiger partial charge in [-0.05, 0) is 75.8 Å². The molecule has 0 bridgehead atoms. The number of carbonyl (C=O) groups is 2. The topological polar surface area (TPSA) is 86.8 Å². The van der Waals surface area contributed by atoms with E-state index in [-0.39, 0.29) is 29.5 Å². The summed E-state index contributed by atoms with van der Waals surface area (Å²) in [6.07, 6.45) is 4.25. The molecule has 1 N–H and O–H groups in total. The van der Waals surface area contributed by atoms with Crippen molar-refractivity contribution in [2.75, 3.05) is 25.6 Å².